The molecule has 1 saturated heterocycles. The van der Waals surface area contributed by atoms with Crippen LogP contribution in [0, 0.1) is 0 Å². The Morgan fingerprint density at radius 2 is 1.86 bits per heavy atom. The molecule has 1 aliphatic heterocycles. The maximum Gasteiger partial charge on any atom is 0.407 e. The quantitative estimate of drug-likeness (QED) is 0.874. The van der Waals surface area contributed by atoms with E-state index in [-0.39, 0.29) is 31.1 Å². The number of benzene rings is 1. The summed E-state index contributed by atoms with van der Waals surface area (Å²) < 4.78 is 5.09. The van der Waals surface area contributed by atoms with E-state index >= 15 is 0 Å². The average molecular weight is 305 g/mol. The van der Waals surface area contributed by atoms with Gasteiger partial charge in [-0.3, -0.25) is 4.79 Å². The van der Waals surface area contributed by atoms with E-state index in [0.717, 1.165) is 18.7 Å². The molecule has 0 radical (unpaired) electrons. The van der Waals surface area contributed by atoms with Gasteiger partial charge in [0.15, 0.2) is 0 Å². The van der Waals surface area contributed by atoms with Crippen LogP contribution in [0.3, 0.4) is 0 Å². The Morgan fingerprint density at radius 3 is 2.50 bits per heavy atom. The van der Waals surface area contributed by atoms with E-state index in [0.29, 0.717) is 0 Å². The predicted molar refractivity (Wildman–Crippen MR) is 83.3 cm³/mol. The van der Waals surface area contributed by atoms with Crippen molar-refractivity contribution in [1.29, 1.82) is 0 Å². The fraction of sp³-hybridized carbons (Fsp3) is 0.500. The first-order valence-electron chi connectivity index (χ1n) is 7.54. The van der Waals surface area contributed by atoms with Gasteiger partial charge in [-0.1, -0.05) is 30.3 Å². The molecule has 6 nitrogen and oxygen atoms in total. The van der Waals surface area contributed by atoms with Gasteiger partial charge in [0.2, 0.25) is 5.91 Å². The van der Waals surface area contributed by atoms with Crippen molar-refractivity contribution in [2.45, 2.75) is 32.5 Å². The molecule has 0 saturated carbocycles. The van der Waals surface area contributed by atoms with Gasteiger partial charge in [0.1, 0.15) is 13.2 Å². The molecule has 2 rings (SSSR count). The number of ether oxygens (including phenoxy) is 1. The Hall–Kier alpha value is -2.08. The highest BCUT2D eigenvalue weighted by molar-refractivity contribution is 5.82. The summed E-state index contributed by atoms with van der Waals surface area (Å²) >= 11 is 0. The summed E-state index contributed by atoms with van der Waals surface area (Å²) in [5.41, 5.74) is 0.910. The molecule has 0 spiro atoms. The Kier molecular flexibility index (Phi) is 5.77. The Labute approximate surface area is 130 Å². The molecule has 2 amide bonds. The zero-order valence-electron chi connectivity index (χ0n) is 13.0. The number of hydrogen-bond acceptors (Lipinski definition) is 4. The number of carbonyl (C=O) groups is 2. The third kappa shape index (κ3) is 4.46. The number of nitrogens with one attached hydrogen (secondary N) is 2. The maximum atomic E-state index is 12.2. The molecule has 2 N–H and O–H groups in total. The lowest BCUT2D eigenvalue weighted by Gasteiger charge is -2.39. The van der Waals surface area contributed by atoms with Gasteiger partial charge in [-0.2, -0.15) is 0 Å². The fourth-order valence-corrected chi connectivity index (χ4v) is 2.64. The molecule has 0 aliphatic carbocycles. The van der Waals surface area contributed by atoms with Gasteiger partial charge in [0.05, 0.1) is 0 Å². The van der Waals surface area contributed by atoms with Crippen LogP contribution in [-0.2, 0) is 16.1 Å². The van der Waals surface area contributed by atoms with Crippen LogP contribution in [-0.4, -0.2) is 48.6 Å². The maximum absolute atomic E-state index is 12.2. The Bertz CT molecular complexity index is 497. The van der Waals surface area contributed by atoms with E-state index in [1.54, 1.807) is 0 Å². The van der Waals surface area contributed by atoms with Crippen LogP contribution in [0.4, 0.5) is 4.79 Å². The van der Waals surface area contributed by atoms with Crippen molar-refractivity contribution in [2.75, 3.05) is 19.6 Å². The normalized spacial score (nSPS) is 21.3. The molecule has 0 aromatic heterocycles. The number of rotatable bonds is 4. The first-order chi connectivity index (χ1) is 10.6. The zero-order valence-corrected chi connectivity index (χ0v) is 13.0. The molecule has 120 valence electrons. The minimum Gasteiger partial charge on any atom is -0.445 e. The van der Waals surface area contributed by atoms with Crippen LogP contribution in [0.2, 0.25) is 0 Å². The second-order valence-electron chi connectivity index (χ2n) is 5.57. The smallest absolute Gasteiger partial charge is 0.407 e. The van der Waals surface area contributed by atoms with Gasteiger partial charge in [0, 0.05) is 25.2 Å². The lowest BCUT2D eigenvalue weighted by Crippen LogP contribution is -2.59. The van der Waals surface area contributed by atoms with E-state index in [1.165, 1.54) is 0 Å². The van der Waals surface area contributed by atoms with Gasteiger partial charge in [-0.05, 0) is 19.4 Å². The molecule has 22 heavy (non-hydrogen) atoms. The second-order valence-corrected chi connectivity index (χ2v) is 5.57. The van der Waals surface area contributed by atoms with Crippen LogP contribution < -0.4 is 10.6 Å². The lowest BCUT2D eigenvalue weighted by molar-refractivity contribution is -0.135. The van der Waals surface area contributed by atoms with Crippen molar-refractivity contribution in [3.63, 3.8) is 0 Å². The van der Waals surface area contributed by atoms with E-state index in [1.807, 2.05) is 49.1 Å². The van der Waals surface area contributed by atoms with Gasteiger partial charge >= 0.3 is 6.09 Å². The largest absolute Gasteiger partial charge is 0.445 e. The topological polar surface area (TPSA) is 70.7 Å². The Balaban J connectivity index is 1.74. The molecular formula is C16H23N3O3. The predicted octanol–water partition coefficient (Wildman–Crippen LogP) is 1.12. The molecule has 1 aromatic carbocycles. The summed E-state index contributed by atoms with van der Waals surface area (Å²) in [5.74, 6) is -0.0850. The van der Waals surface area contributed by atoms with Crippen molar-refractivity contribution in [1.82, 2.24) is 15.5 Å². The molecule has 6 heteroatoms. The Morgan fingerprint density at radius 1 is 1.23 bits per heavy atom. The minimum absolute atomic E-state index is 0.0394. The summed E-state index contributed by atoms with van der Waals surface area (Å²) in [7, 11) is 0. The molecule has 0 unspecified atom stereocenters. The van der Waals surface area contributed by atoms with Crippen molar-refractivity contribution in [3.8, 4) is 0 Å². The highest BCUT2D eigenvalue weighted by Crippen LogP contribution is 2.09. The highest BCUT2D eigenvalue weighted by Gasteiger charge is 2.28. The minimum atomic E-state index is -0.576. The van der Waals surface area contributed by atoms with Crippen LogP contribution in [0.15, 0.2) is 30.3 Å². The lowest BCUT2D eigenvalue weighted by atomic mass is 10.1. The molecule has 2 atom stereocenters. The van der Waals surface area contributed by atoms with E-state index in [9.17, 15) is 9.59 Å². The third-order valence-corrected chi connectivity index (χ3v) is 3.71. The summed E-state index contributed by atoms with van der Waals surface area (Å²) in [5, 5.41) is 5.78. The molecule has 1 heterocycles. The third-order valence-electron chi connectivity index (χ3n) is 3.71. The van der Waals surface area contributed by atoms with E-state index in [2.05, 4.69) is 10.6 Å². The highest BCUT2D eigenvalue weighted by atomic mass is 16.5. The number of alkyl carbamates (subject to hydrolysis) is 1. The summed E-state index contributed by atoms with van der Waals surface area (Å²) in [4.78, 5) is 25.7. The van der Waals surface area contributed by atoms with Gasteiger partial charge in [0.25, 0.3) is 0 Å². The molecule has 1 aliphatic rings. The van der Waals surface area contributed by atoms with Crippen molar-refractivity contribution < 1.29 is 14.3 Å². The van der Waals surface area contributed by atoms with E-state index in [4.69, 9.17) is 4.74 Å². The number of amides is 2. The number of hydrogen-bond donors (Lipinski definition) is 2. The van der Waals surface area contributed by atoms with Gasteiger partial charge in [-0.25, -0.2) is 4.79 Å². The SMILES string of the molecule is C[C@@H]1CNC[C@H](C)N1C(=O)CNC(=O)OCc1ccccc1. The second kappa shape index (κ2) is 7.79. The number of piperazine rings is 1. The van der Waals surface area contributed by atoms with Crippen LogP contribution in [0.5, 0.6) is 0 Å². The van der Waals surface area contributed by atoms with Crippen molar-refractivity contribution >= 4 is 12.0 Å². The molecular weight excluding hydrogens is 282 g/mol. The molecule has 1 fully saturated rings. The fourth-order valence-electron chi connectivity index (χ4n) is 2.64. The van der Waals surface area contributed by atoms with Crippen LogP contribution >= 0.6 is 0 Å². The average Bonchev–Trinajstić information content (AvgIpc) is 2.52. The first kappa shape index (κ1) is 16.3. The zero-order chi connectivity index (χ0) is 15.9. The standard InChI is InChI=1S/C16H23N3O3/c1-12-8-17-9-13(2)19(12)15(20)10-18-16(21)22-11-14-6-4-3-5-7-14/h3-7,12-13,17H,8-11H2,1-2H3,(H,18,21)/t12-,13+. The first-order valence-corrected chi connectivity index (χ1v) is 7.54. The van der Waals surface area contributed by atoms with Crippen LogP contribution in [0.25, 0.3) is 0 Å². The summed E-state index contributed by atoms with van der Waals surface area (Å²) in [6.07, 6.45) is -0.576. The van der Waals surface area contributed by atoms with Gasteiger partial charge < -0.3 is 20.3 Å². The van der Waals surface area contributed by atoms with Crippen LogP contribution in [0.1, 0.15) is 19.4 Å². The summed E-state index contributed by atoms with van der Waals surface area (Å²) in [6.45, 7) is 5.69. The van der Waals surface area contributed by atoms with Gasteiger partial charge in [-0.15, -0.1) is 0 Å². The van der Waals surface area contributed by atoms with Crippen molar-refractivity contribution in [2.24, 2.45) is 0 Å². The molecule has 1 aromatic rings. The molecule has 0 bridgehead atoms. The number of carbonyl (C=O) groups excluding carboxylic acids is 2. The monoisotopic (exact) mass is 305 g/mol. The number of nitrogens with zero attached hydrogens (tertiary/aromatic N) is 1. The summed E-state index contributed by atoms with van der Waals surface area (Å²) in [6, 6.07) is 9.67. The van der Waals surface area contributed by atoms with E-state index < -0.39 is 6.09 Å². The van der Waals surface area contributed by atoms with Crippen molar-refractivity contribution in [3.05, 3.63) is 35.9 Å².